The highest BCUT2D eigenvalue weighted by atomic mass is 35.5. The van der Waals surface area contributed by atoms with Crippen LogP contribution in [0.5, 0.6) is 11.5 Å². The second-order valence-electron chi connectivity index (χ2n) is 13.9. The van der Waals surface area contributed by atoms with Crippen molar-refractivity contribution >= 4 is 45.2 Å². The summed E-state index contributed by atoms with van der Waals surface area (Å²) in [6.07, 6.45) is 3.85. The molecule has 51 heavy (non-hydrogen) atoms. The smallest absolute Gasteiger partial charge is 0.405 e. The van der Waals surface area contributed by atoms with Gasteiger partial charge in [0.1, 0.15) is 17.5 Å². The summed E-state index contributed by atoms with van der Waals surface area (Å²) in [6.45, 7) is 8.22. The third-order valence-electron chi connectivity index (χ3n) is 10.3. The molecular formula is C36H50ClF3N5O5S+. The predicted molar refractivity (Wildman–Crippen MR) is 195 cm³/mol. The lowest BCUT2D eigenvalue weighted by Gasteiger charge is -2.40. The number of alkyl halides is 3. The molecule has 0 aliphatic carbocycles. The quantitative estimate of drug-likeness (QED) is 0.125. The molecule has 0 amide bonds. The van der Waals surface area contributed by atoms with Crippen LogP contribution in [0.1, 0.15) is 64.9 Å². The van der Waals surface area contributed by atoms with Gasteiger partial charge in [-0.2, -0.15) is 13.2 Å². The third-order valence-corrected chi connectivity index (χ3v) is 11.1. The molecule has 282 valence electrons. The summed E-state index contributed by atoms with van der Waals surface area (Å²) in [6, 6.07) is 10.1. The first-order valence-corrected chi connectivity index (χ1v) is 19.8. The number of piperidine rings is 1. The minimum absolute atomic E-state index is 0.0560. The van der Waals surface area contributed by atoms with Crippen LogP contribution in [0.2, 0.25) is 5.02 Å². The van der Waals surface area contributed by atoms with E-state index in [1.807, 2.05) is 25.1 Å². The van der Waals surface area contributed by atoms with Gasteiger partial charge < -0.3 is 19.1 Å². The maximum Gasteiger partial charge on any atom is 0.405 e. The van der Waals surface area contributed by atoms with Gasteiger partial charge in [0, 0.05) is 6.92 Å². The number of likely N-dealkylation sites (tertiary alicyclic amines) is 1. The number of halogens is 4. The molecule has 1 N–H and O–H groups in total. The van der Waals surface area contributed by atoms with E-state index >= 15 is 0 Å². The molecule has 0 saturated carbocycles. The van der Waals surface area contributed by atoms with Crippen LogP contribution in [-0.4, -0.2) is 95.2 Å². The van der Waals surface area contributed by atoms with Gasteiger partial charge in [0.05, 0.1) is 43.8 Å². The summed E-state index contributed by atoms with van der Waals surface area (Å²) in [7, 11) is -0.0802. The van der Waals surface area contributed by atoms with E-state index in [0.717, 1.165) is 43.2 Å². The molecule has 15 heteroatoms. The topological polar surface area (TPSA) is 99.0 Å². The van der Waals surface area contributed by atoms with Crippen LogP contribution in [0.3, 0.4) is 0 Å². The number of benzene rings is 2. The van der Waals surface area contributed by atoms with Crippen LogP contribution in [-0.2, 0) is 20.4 Å². The molecule has 2 fully saturated rings. The number of aliphatic imine (C=N–C) groups is 1. The Hall–Kier alpha value is -3.07. The fourth-order valence-corrected chi connectivity index (χ4v) is 8.11. The summed E-state index contributed by atoms with van der Waals surface area (Å²) in [5.41, 5.74) is -0.992. The Morgan fingerprint density at radius 2 is 1.88 bits per heavy atom. The van der Waals surface area contributed by atoms with Gasteiger partial charge in [-0.25, -0.2) is 17.9 Å². The number of sulfonamides is 1. The number of hydrogen-bond acceptors (Lipinski definition) is 8. The van der Waals surface area contributed by atoms with E-state index in [4.69, 9.17) is 25.8 Å². The van der Waals surface area contributed by atoms with Crippen LogP contribution in [0.15, 0.2) is 41.4 Å². The molecule has 0 bridgehead atoms. The Balaban J connectivity index is 1.45. The van der Waals surface area contributed by atoms with Crippen molar-refractivity contribution < 1.29 is 40.4 Å². The van der Waals surface area contributed by atoms with Crippen molar-refractivity contribution in [2.24, 2.45) is 16.8 Å². The van der Waals surface area contributed by atoms with E-state index in [2.05, 4.69) is 21.7 Å². The molecule has 3 heterocycles. The normalized spacial score (nSPS) is 24.5. The van der Waals surface area contributed by atoms with E-state index in [1.54, 1.807) is 18.9 Å². The molecule has 3 unspecified atom stereocenters. The number of nitrogens with one attached hydrogen (secondary N) is 1. The standard InChI is InChI=1S/C36H50ClF3N5O5S/c1-7-44(29-16-15-26(22-30(29)48-5)35(24-49-35)19-10-9-12-25-17-20-43(4)21-18-25)33-41-23-31(36(38,39)40)34(3,45(33)8-2)50-32-27(37)13-11-14-28(32)42-51(6,46)47/h11,13-16,22-23,25,31,42H,7-10,12,17-21,24H2,1-6H3/q+1. The maximum absolute atomic E-state index is 14.8. The van der Waals surface area contributed by atoms with Gasteiger partial charge >= 0.3 is 12.1 Å². The fraction of sp³-hybridized carbons (Fsp3) is 0.611. The van der Waals surface area contributed by atoms with Crippen LogP contribution in [0, 0.1) is 11.8 Å². The van der Waals surface area contributed by atoms with Crippen molar-refractivity contribution in [3.63, 3.8) is 0 Å². The lowest BCUT2D eigenvalue weighted by atomic mass is 9.89. The zero-order valence-corrected chi connectivity index (χ0v) is 31.8. The monoisotopic (exact) mass is 756 g/mol. The number of rotatable bonds is 14. The Morgan fingerprint density at radius 1 is 1.18 bits per heavy atom. The highest BCUT2D eigenvalue weighted by molar-refractivity contribution is 7.92. The van der Waals surface area contributed by atoms with Crippen LogP contribution < -0.4 is 19.1 Å². The van der Waals surface area contributed by atoms with Crippen LogP contribution >= 0.6 is 11.6 Å². The molecule has 5 rings (SSSR count). The predicted octanol–water partition coefficient (Wildman–Crippen LogP) is 7.12. The first kappa shape index (κ1) is 39.1. The number of anilines is 2. The Morgan fingerprint density at radius 3 is 2.47 bits per heavy atom. The molecule has 10 nitrogen and oxygen atoms in total. The van der Waals surface area contributed by atoms with Crippen molar-refractivity contribution in [3.05, 3.63) is 47.0 Å². The number of hydrogen-bond donors (Lipinski definition) is 1. The van der Waals surface area contributed by atoms with Crippen molar-refractivity contribution in [1.29, 1.82) is 0 Å². The largest absolute Gasteiger partial charge is 0.493 e. The number of methoxy groups -OCH3 is 1. The minimum Gasteiger partial charge on any atom is -0.493 e. The SMILES string of the molecule is CCN(C1=[N+](CC)C(C)(Oc2c(Cl)cccc2NS(C)(=O)=O)C(C(F)(F)F)C=N1)c1ccc(C2(CCCCC3CCN(C)CC3)CO2)cc1OC. The van der Waals surface area contributed by atoms with E-state index in [9.17, 15) is 21.6 Å². The molecule has 0 aromatic heterocycles. The maximum atomic E-state index is 14.8. The van der Waals surface area contributed by atoms with Crippen LogP contribution in [0.4, 0.5) is 24.5 Å². The summed E-state index contributed by atoms with van der Waals surface area (Å²) in [4.78, 5) is 8.56. The molecule has 2 aromatic carbocycles. The number of guanidine groups is 1. The average Bonchev–Trinajstić information content (AvgIpc) is 3.86. The molecular weight excluding hydrogens is 707 g/mol. The molecule has 2 saturated heterocycles. The molecule has 3 atom stereocenters. The van der Waals surface area contributed by atoms with Gasteiger partial charge in [-0.05, 0) is 89.0 Å². The van der Waals surface area contributed by atoms with Crippen molar-refractivity contribution in [2.45, 2.75) is 76.8 Å². The lowest BCUT2D eigenvalue weighted by Crippen LogP contribution is -2.62. The molecule has 0 radical (unpaired) electrons. The zero-order chi connectivity index (χ0) is 37.2. The highest BCUT2D eigenvalue weighted by Gasteiger charge is 2.60. The second-order valence-corrected chi connectivity index (χ2v) is 16.1. The van der Waals surface area contributed by atoms with Gasteiger partial charge in [-0.1, -0.05) is 48.0 Å². The number of para-hydroxylation sites is 1. The van der Waals surface area contributed by atoms with Gasteiger partial charge in [-0.15, -0.1) is 0 Å². The van der Waals surface area contributed by atoms with E-state index in [0.29, 0.717) is 24.6 Å². The van der Waals surface area contributed by atoms with Crippen molar-refractivity contribution in [2.75, 3.05) is 62.8 Å². The highest BCUT2D eigenvalue weighted by Crippen LogP contribution is 2.47. The molecule has 2 aromatic rings. The Kier molecular flexibility index (Phi) is 11.9. The van der Waals surface area contributed by atoms with E-state index in [1.165, 1.54) is 62.1 Å². The summed E-state index contributed by atoms with van der Waals surface area (Å²) >= 11 is 6.45. The van der Waals surface area contributed by atoms with E-state index in [-0.39, 0.29) is 34.6 Å². The first-order chi connectivity index (χ1) is 24.0. The number of nitrogens with zero attached hydrogens (tertiary/aromatic N) is 4. The second kappa shape index (κ2) is 15.5. The van der Waals surface area contributed by atoms with Gasteiger partial charge in [-0.3, -0.25) is 4.72 Å². The number of unbranched alkanes of at least 4 members (excludes halogenated alkanes) is 1. The van der Waals surface area contributed by atoms with Crippen molar-refractivity contribution in [3.8, 4) is 11.5 Å². The van der Waals surface area contributed by atoms with Gasteiger partial charge in [0.25, 0.3) is 0 Å². The lowest BCUT2D eigenvalue weighted by molar-refractivity contribution is -0.659. The average molecular weight is 757 g/mol. The number of ether oxygens (including phenoxy) is 3. The first-order valence-electron chi connectivity index (χ1n) is 17.5. The Labute approximate surface area is 304 Å². The number of epoxide rings is 1. The summed E-state index contributed by atoms with van der Waals surface area (Å²) in [5, 5.41) is -0.0615. The fourth-order valence-electron chi connectivity index (χ4n) is 7.33. The third kappa shape index (κ3) is 8.77. The summed E-state index contributed by atoms with van der Waals surface area (Å²) in [5.74, 6) is -0.926. The molecule has 3 aliphatic rings. The van der Waals surface area contributed by atoms with Gasteiger partial charge in [0.2, 0.25) is 15.7 Å². The molecule has 0 spiro atoms. The van der Waals surface area contributed by atoms with Crippen LogP contribution in [0.25, 0.3) is 0 Å². The van der Waals surface area contributed by atoms with Gasteiger partial charge in [0.15, 0.2) is 17.4 Å². The summed E-state index contributed by atoms with van der Waals surface area (Å²) < 4.78 is 90.5. The Bertz CT molecular complexity index is 1730. The minimum atomic E-state index is -4.77. The van der Waals surface area contributed by atoms with E-state index < -0.39 is 27.8 Å². The van der Waals surface area contributed by atoms with Crippen molar-refractivity contribution in [1.82, 2.24) is 4.90 Å². The molecule has 3 aliphatic heterocycles. The zero-order valence-electron chi connectivity index (χ0n) is 30.2.